The fraction of sp³-hybridized carbons (Fsp3) is 0.200. The van der Waals surface area contributed by atoms with E-state index < -0.39 is 0 Å². The average Bonchev–Trinajstić information content (AvgIpc) is 2.35. The highest BCUT2D eigenvalue weighted by Crippen LogP contribution is 2.25. The molecule has 0 fully saturated rings. The van der Waals surface area contributed by atoms with Gasteiger partial charge in [-0.05, 0) is 49.2 Å². The maximum atomic E-state index is 9.95. The van der Waals surface area contributed by atoms with E-state index in [1.165, 1.54) is 0 Å². The summed E-state index contributed by atoms with van der Waals surface area (Å²) in [7, 11) is 0. The molecule has 0 aliphatic heterocycles. The zero-order chi connectivity index (χ0) is 13.8. The first-order chi connectivity index (χ1) is 9.04. The molecule has 0 aromatic heterocycles. The van der Waals surface area contributed by atoms with Crippen LogP contribution in [-0.4, -0.2) is 11.1 Å². The summed E-state index contributed by atoms with van der Waals surface area (Å²) in [5, 5.41) is 13.2. The quantitative estimate of drug-likeness (QED) is 0.653. The highest BCUT2D eigenvalue weighted by molar-refractivity contribution is 5.85. The van der Waals surface area contributed by atoms with Crippen LogP contribution in [0.2, 0.25) is 0 Å². The molecule has 0 heterocycles. The van der Waals surface area contributed by atoms with E-state index in [1.54, 1.807) is 6.07 Å². The molecule has 0 radical (unpaired) electrons. The van der Waals surface area contributed by atoms with Crippen molar-refractivity contribution >= 4 is 29.5 Å². The zero-order valence-electron chi connectivity index (χ0n) is 11.3. The Morgan fingerprint density at radius 1 is 1.10 bits per heavy atom. The Bertz CT molecular complexity index is 556. The van der Waals surface area contributed by atoms with Crippen molar-refractivity contribution in [2.45, 2.75) is 19.4 Å². The monoisotopic (exact) mass is 293 g/mol. The van der Waals surface area contributed by atoms with Crippen LogP contribution in [0.4, 0.5) is 17.1 Å². The first kappa shape index (κ1) is 16.1. The minimum absolute atomic E-state index is 0. The van der Waals surface area contributed by atoms with Gasteiger partial charge in [0.2, 0.25) is 0 Å². The molecular formula is C15H20ClN3O. The fourth-order valence-electron chi connectivity index (χ4n) is 1.89. The largest absolute Gasteiger partial charge is 0.508 e. The van der Waals surface area contributed by atoms with Gasteiger partial charge in [-0.2, -0.15) is 0 Å². The number of benzene rings is 2. The van der Waals surface area contributed by atoms with Crippen molar-refractivity contribution in [1.82, 2.24) is 0 Å². The molecule has 108 valence electrons. The Kier molecular flexibility index (Phi) is 5.67. The van der Waals surface area contributed by atoms with Gasteiger partial charge in [-0.3, -0.25) is 0 Å². The van der Waals surface area contributed by atoms with E-state index in [0.29, 0.717) is 6.42 Å². The number of aromatic hydroxyl groups is 1. The van der Waals surface area contributed by atoms with Gasteiger partial charge in [0.25, 0.3) is 0 Å². The topological polar surface area (TPSA) is 84.3 Å². The third-order valence-corrected chi connectivity index (χ3v) is 2.83. The van der Waals surface area contributed by atoms with Gasteiger partial charge in [0.15, 0.2) is 0 Å². The molecule has 0 amide bonds. The minimum Gasteiger partial charge on any atom is -0.508 e. The molecule has 2 aromatic carbocycles. The molecule has 0 aliphatic rings. The molecule has 1 unspecified atom stereocenters. The van der Waals surface area contributed by atoms with Gasteiger partial charge in [0, 0.05) is 29.2 Å². The lowest BCUT2D eigenvalue weighted by molar-refractivity contribution is 0.466. The van der Waals surface area contributed by atoms with Gasteiger partial charge < -0.3 is 21.9 Å². The Hall–Kier alpha value is -1.91. The zero-order valence-corrected chi connectivity index (χ0v) is 12.2. The van der Waals surface area contributed by atoms with Gasteiger partial charge in [0.05, 0.1) is 0 Å². The number of phenolic OH excluding ortho intramolecular Hbond substituents is 1. The average molecular weight is 294 g/mol. The van der Waals surface area contributed by atoms with E-state index in [4.69, 9.17) is 11.5 Å². The molecule has 0 saturated heterocycles. The number of phenols is 1. The molecule has 0 bridgehead atoms. The third kappa shape index (κ3) is 4.33. The smallest absolute Gasteiger partial charge is 0.120 e. The SMILES string of the molecule is CC(N)Cc1ccc(Nc2ccc(N)cc2)cc1O.Cl. The van der Waals surface area contributed by atoms with E-state index in [-0.39, 0.29) is 24.2 Å². The Labute approximate surface area is 125 Å². The van der Waals surface area contributed by atoms with Crippen LogP contribution in [0.25, 0.3) is 0 Å². The molecular weight excluding hydrogens is 274 g/mol. The molecule has 0 spiro atoms. The Balaban J connectivity index is 0.00000200. The summed E-state index contributed by atoms with van der Waals surface area (Å²) in [6.45, 7) is 1.92. The fourth-order valence-corrected chi connectivity index (χ4v) is 1.89. The summed E-state index contributed by atoms with van der Waals surface area (Å²) in [4.78, 5) is 0. The van der Waals surface area contributed by atoms with Crippen LogP contribution in [0.1, 0.15) is 12.5 Å². The first-order valence-corrected chi connectivity index (χ1v) is 6.24. The summed E-state index contributed by atoms with van der Waals surface area (Å²) in [5.74, 6) is 0.262. The standard InChI is InChI=1S/C15H19N3O.ClH/c1-10(16)8-11-2-5-14(9-15(11)19)18-13-6-3-12(17)4-7-13;/h2-7,9-10,18-19H,8,16-17H2,1H3;1H. The highest BCUT2D eigenvalue weighted by Gasteiger charge is 2.05. The van der Waals surface area contributed by atoms with Crippen molar-refractivity contribution in [3.8, 4) is 5.75 Å². The summed E-state index contributed by atoms with van der Waals surface area (Å²) < 4.78 is 0. The third-order valence-electron chi connectivity index (χ3n) is 2.83. The van der Waals surface area contributed by atoms with Crippen LogP contribution in [0.3, 0.4) is 0 Å². The first-order valence-electron chi connectivity index (χ1n) is 6.24. The van der Waals surface area contributed by atoms with Crippen molar-refractivity contribution in [1.29, 1.82) is 0 Å². The molecule has 0 aliphatic carbocycles. The van der Waals surface area contributed by atoms with Crippen molar-refractivity contribution < 1.29 is 5.11 Å². The number of anilines is 3. The van der Waals surface area contributed by atoms with Crippen molar-refractivity contribution in [2.75, 3.05) is 11.1 Å². The predicted octanol–water partition coefficient (Wildman–Crippen LogP) is 3.03. The van der Waals surface area contributed by atoms with Crippen molar-refractivity contribution in [2.24, 2.45) is 5.73 Å². The lowest BCUT2D eigenvalue weighted by Crippen LogP contribution is -2.17. The molecule has 5 heteroatoms. The second-order valence-electron chi connectivity index (χ2n) is 4.77. The molecule has 0 saturated carbocycles. The van der Waals surface area contributed by atoms with Crippen LogP contribution in [0.5, 0.6) is 5.75 Å². The lowest BCUT2D eigenvalue weighted by Gasteiger charge is -2.11. The number of hydrogen-bond acceptors (Lipinski definition) is 4. The number of nitrogens with one attached hydrogen (secondary N) is 1. The van der Waals surface area contributed by atoms with E-state index >= 15 is 0 Å². The number of nitrogens with two attached hydrogens (primary N) is 2. The highest BCUT2D eigenvalue weighted by atomic mass is 35.5. The van der Waals surface area contributed by atoms with E-state index in [0.717, 1.165) is 22.6 Å². The maximum absolute atomic E-state index is 9.95. The molecule has 2 aromatic rings. The number of hydrogen-bond donors (Lipinski definition) is 4. The summed E-state index contributed by atoms with van der Waals surface area (Å²) in [5.41, 5.74) is 14.7. The van der Waals surface area contributed by atoms with Crippen LogP contribution in [0.15, 0.2) is 42.5 Å². The number of rotatable bonds is 4. The molecule has 4 nitrogen and oxygen atoms in total. The maximum Gasteiger partial charge on any atom is 0.120 e. The second kappa shape index (κ2) is 7.03. The van der Waals surface area contributed by atoms with Crippen LogP contribution < -0.4 is 16.8 Å². The van der Waals surface area contributed by atoms with Crippen LogP contribution in [-0.2, 0) is 6.42 Å². The van der Waals surface area contributed by atoms with Crippen molar-refractivity contribution in [3.63, 3.8) is 0 Å². The van der Waals surface area contributed by atoms with Gasteiger partial charge >= 0.3 is 0 Å². The normalized spacial score (nSPS) is 11.5. The minimum atomic E-state index is 0. The molecule has 2 rings (SSSR count). The van der Waals surface area contributed by atoms with Crippen molar-refractivity contribution in [3.05, 3.63) is 48.0 Å². The van der Waals surface area contributed by atoms with Crippen LogP contribution in [0, 0.1) is 0 Å². The Morgan fingerprint density at radius 2 is 1.70 bits per heavy atom. The van der Waals surface area contributed by atoms with E-state index in [1.807, 2.05) is 43.3 Å². The second-order valence-corrected chi connectivity index (χ2v) is 4.77. The molecule has 20 heavy (non-hydrogen) atoms. The summed E-state index contributed by atoms with van der Waals surface area (Å²) in [6, 6.07) is 13.0. The van der Waals surface area contributed by atoms with Crippen LogP contribution >= 0.6 is 12.4 Å². The Morgan fingerprint density at radius 3 is 2.25 bits per heavy atom. The predicted molar refractivity (Wildman–Crippen MR) is 86.8 cm³/mol. The lowest BCUT2D eigenvalue weighted by atomic mass is 10.1. The summed E-state index contributed by atoms with van der Waals surface area (Å²) in [6.07, 6.45) is 0.661. The summed E-state index contributed by atoms with van der Waals surface area (Å²) >= 11 is 0. The van der Waals surface area contributed by atoms with Gasteiger partial charge in [0.1, 0.15) is 5.75 Å². The number of halogens is 1. The molecule has 6 N–H and O–H groups in total. The number of nitrogen functional groups attached to an aromatic ring is 1. The van der Waals surface area contributed by atoms with Gasteiger partial charge in [-0.1, -0.05) is 6.07 Å². The van der Waals surface area contributed by atoms with Gasteiger partial charge in [-0.25, -0.2) is 0 Å². The molecule has 1 atom stereocenters. The van der Waals surface area contributed by atoms with Gasteiger partial charge in [-0.15, -0.1) is 12.4 Å². The van der Waals surface area contributed by atoms with E-state index in [2.05, 4.69) is 5.32 Å². The van der Waals surface area contributed by atoms with E-state index in [9.17, 15) is 5.11 Å².